The van der Waals surface area contributed by atoms with Crippen molar-refractivity contribution >= 4 is 11.8 Å². The average molecular weight is 691 g/mol. The van der Waals surface area contributed by atoms with Crippen molar-refractivity contribution in [2.24, 2.45) is 0 Å². The quantitative estimate of drug-likeness (QED) is 0.149. The van der Waals surface area contributed by atoms with Crippen LogP contribution in [0.4, 0.5) is 0 Å². The molecule has 2 aliphatic heterocycles. The largest absolute Gasteiger partial charge is 0.391 e. The van der Waals surface area contributed by atoms with E-state index in [1.165, 1.54) is 0 Å². The Balaban J connectivity index is 0.923. The number of aromatic nitrogens is 4. The Bertz CT molecular complexity index is 1990. The number of aliphatic hydroxyl groups is 2. The number of aromatic amines is 2. The molecule has 4 N–H and O–H groups in total. The minimum absolute atomic E-state index is 0.154. The third-order valence-electron chi connectivity index (χ3n) is 9.85. The molecule has 2 aromatic heterocycles. The van der Waals surface area contributed by atoms with Crippen molar-refractivity contribution < 1.29 is 19.8 Å². The van der Waals surface area contributed by atoms with Crippen LogP contribution in [0, 0.1) is 12.8 Å². The minimum Gasteiger partial charge on any atom is -0.391 e. The molecule has 2 radical (unpaired) electrons. The van der Waals surface area contributed by atoms with E-state index in [0.717, 1.165) is 44.8 Å². The van der Waals surface area contributed by atoms with E-state index in [9.17, 15) is 19.8 Å². The number of benzene rings is 4. The minimum atomic E-state index is -0.612. The van der Waals surface area contributed by atoms with Crippen LogP contribution in [-0.2, 0) is 9.59 Å². The number of imidazole rings is 2. The SMILES string of the molecule is O=C([CH]c1ccccc1)N1CC(O)CC1c1ncc(-c2ccc(-c3ccc(-c4cnc([C@@H]5C[C@H](O)CN5C(=O)[CH]c5ccccc5)[nH]4)cc3)cc2)[nH]1. The zero-order chi connectivity index (χ0) is 35.6. The number of hydrogen-bond donors (Lipinski definition) is 4. The number of carbonyl (C=O) groups excluding carboxylic acids is 2. The summed E-state index contributed by atoms with van der Waals surface area (Å²) < 4.78 is 0. The summed E-state index contributed by atoms with van der Waals surface area (Å²) in [5.74, 6) is 0.993. The molecule has 4 heterocycles. The predicted octanol–water partition coefficient (Wildman–Crippen LogP) is 5.91. The highest BCUT2D eigenvalue weighted by Crippen LogP contribution is 2.35. The van der Waals surface area contributed by atoms with Crippen LogP contribution in [0.2, 0.25) is 0 Å². The highest BCUT2D eigenvalue weighted by atomic mass is 16.3. The number of likely N-dealkylation sites (tertiary alicyclic amines) is 2. The fourth-order valence-corrected chi connectivity index (χ4v) is 7.17. The molecule has 8 rings (SSSR count). The third-order valence-corrected chi connectivity index (χ3v) is 9.85. The molecular weight excluding hydrogens is 652 g/mol. The van der Waals surface area contributed by atoms with Crippen molar-refractivity contribution in [3.63, 3.8) is 0 Å². The molecule has 4 atom stereocenters. The maximum Gasteiger partial charge on any atom is 0.231 e. The van der Waals surface area contributed by atoms with Crippen LogP contribution >= 0.6 is 0 Å². The van der Waals surface area contributed by atoms with Gasteiger partial charge < -0.3 is 30.0 Å². The van der Waals surface area contributed by atoms with Gasteiger partial charge in [-0.15, -0.1) is 0 Å². The van der Waals surface area contributed by atoms with Crippen molar-refractivity contribution in [2.45, 2.75) is 37.1 Å². The lowest BCUT2D eigenvalue weighted by Crippen LogP contribution is -2.32. The van der Waals surface area contributed by atoms with E-state index < -0.39 is 12.2 Å². The van der Waals surface area contributed by atoms with Crippen LogP contribution in [0.3, 0.4) is 0 Å². The van der Waals surface area contributed by atoms with Gasteiger partial charge in [0.15, 0.2) is 0 Å². The second-order valence-electron chi connectivity index (χ2n) is 13.4. The standard InChI is InChI=1S/C42H38N6O4/c49-33-21-37(47(25-33)39(51)19-27-7-3-1-4-8-27)41-43-23-35(45-41)31-15-11-29(12-16-31)30-13-17-32(18-14-30)36-24-44-42(46-36)38-22-34(50)26-48(38)40(52)20-28-9-5-2-6-10-28/h1-20,23-24,33-34,37-38,49-50H,21-22,25-26H2,(H,43,45)(H,44,46)/t33-,34?,37-,38?/m0/s1. The number of aliphatic hydroxyl groups excluding tert-OH is 2. The van der Waals surface area contributed by atoms with Crippen LogP contribution in [0.1, 0.15) is 47.7 Å². The Morgan fingerprint density at radius 3 is 1.31 bits per heavy atom. The number of hydrogen-bond acceptors (Lipinski definition) is 6. The van der Waals surface area contributed by atoms with E-state index in [1.807, 2.05) is 84.9 Å². The van der Waals surface area contributed by atoms with Crippen LogP contribution < -0.4 is 0 Å². The summed E-state index contributed by atoms with van der Waals surface area (Å²) in [6.07, 6.45) is 6.36. The van der Waals surface area contributed by atoms with Crippen LogP contribution in [0.15, 0.2) is 122 Å². The van der Waals surface area contributed by atoms with Crippen LogP contribution in [0.25, 0.3) is 33.6 Å². The Labute approximate surface area is 301 Å². The molecule has 10 nitrogen and oxygen atoms in total. The molecule has 2 fully saturated rings. The summed E-state index contributed by atoms with van der Waals surface area (Å²) in [7, 11) is 0. The number of carbonyl (C=O) groups is 2. The van der Waals surface area contributed by atoms with Gasteiger partial charge in [0.05, 0.1) is 60.9 Å². The van der Waals surface area contributed by atoms with Gasteiger partial charge in [0.2, 0.25) is 11.8 Å². The molecule has 0 aliphatic carbocycles. The zero-order valence-corrected chi connectivity index (χ0v) is 28.3. The van der Waals surface area contributed by atoms with Crippen molar-refractivity contribution in [2.75, 3.05) is 13.1 Å². The van der Waals surface area contributed by atoms with Gasteiger partial charge in [0.25, 0.3) is 0 Å². The number of nitrogens with one attached hydrogen (secondary N) is 2. The fourth-order valence-electron chi connectivity index (χ4n) is 7.17. The van der Waals surface area contributed by atoms with E-state index >= 15 is 0 Å². The normalized spacial score (nSPS) is 20.0. The molecule has 260 valence electrons. The lowest BCUT2D eigenvalue weighted by atomic mass is 10.0. The van der Waals surface area contributed by atoms with E-state index in [-0.39, 0.29) is 37.0 Å². The van der Waals surface area contributed by atoms with Gasteiger partial charge in [0, 0.05) is 25.9 Å². The van der Waals surface area contributed by atoms with Crippen molar-refractivity contribution in [3.05, 3.63) is 157 Å². The lowest BCUT2D eigenvalue weighted by Gasteiger charge is -2.22. The maximum absolute atomic E-state index is 13.1. The molecular formula is C42H38N6O4. The molecule has 2 unspecified atom stereocenters. The third kappa shape index (κ3) is 7.03. The molecule has 2 aliphatic rings. The molecule has 6 aromatic rings. The van der Waals surface area contributed by atoms with E-state index in [4.69, 9.17) is 0 Å². The fraction of sp³-hybridized carbons (Fsp3) is 0.190. The van der Waals surface area contributed by atoms with E-state index in [0.29, 0.717) is 24.5 Å². The van der Waals surface area contributed by atoms with Crippen LogP contribution in [-0.4, -0.2) is 77.1 Å². The van der Waals surface area contributed by atoms with Gasteiger partial charge in [-0.2, -0.15) is 0 Å². The first kappa shape index (κ1) is 33.3. The summed E-state index contributed by atoms with van der Waals surface area (Å²) >= 11 is 0. The van der Waals surface area contributed by atoms with Gasteiger partial charge in [-0.1, -0.05) is 109 Å². The number of H-pyrrole nitrogens is 2. The summed E-state index contributed by atoms with van der Waals surface area (Å²) in [5, 5.41) is 20.9. The molecule has 0 saturated carbocycles. The van der Waals surface area contributed by atoms with Gasteiger partial charge >= 0.3 is 0 Å². The first-order valence-electron chi connectivity index (χ1n) is 17.5. The van der Waals surface area contributed by atoms with Crippen molar-refractivity contribution in [3.8, 4) is 33.6 Å². The second kappa shape index (κ2) is 14.4. The number of β-amino-alcohol motifs (C(OH)–C–C–N with tert-alkyl or cyclic N) is 2. The van der Waals surface area contributed by atoms with Gasteiger partial charge in [-0.25, -0.2) is 9.97 Å². The first-order valence-corrected chi connectivity index (χ1v) is 17.5. The van der Waals surface area contributed by atoms with Gasteiger partial charge in [0.1, 0.15) is 11.6 Å². The summed E-state index contributed by atoms with van der Waals surface area (Å²) in [6, 6.07) is 34.6. The molecule has 0 spiro atoms. The van der Waals surface area contributed by atoms with E-state index in [1.54, 1.807) is 35.0 Å². The summed E-state index contributed by atoms with van der Waals surface area (Å²) in [5.41, 5.74) is 7.33. The van der Waals surface area contributed by atoms with Gasteiger partial charge in [-0.05, 0) is 33.4 Å². The Morgan fingerprint density at radius 1 is 0.558 bits per heavy atom. The number of amides is 2. The second-order valence-corrected chi connectivity index (χ2v) is 13.4. The Hall–Kier alpha value is -5.84. The Kier molecular flexibility index (Phi) is 9.24. The zero-order valence-electron chi connectivity index (χ0n) is 28.3. The maximum atomic E-state index is 13.1. The van der Waals surface area contributed by atoms with Crippen molar-refractivity contribution in [1.82, 2.24) is 29.7 Å². The molecule has 2 amide bonds. The highest BCUT2D eigenvalue weighted by molar-refractivity contribution is 5.89. The first-order chi connectivity index (χ1) is 25.4. The highest BCUT2D eigenvalue weighted by Gasteiger charge is 2.38. The number of nitrogens with zero attached hydrogens (tertiary/aromatic N) is 4. The average Bonchev–Trinajstić information content (AvgIpc) is 3.99. The topological polar surface area (TPSA) is 138 Å². The molecule has 52 heavy (non-hydrogen) atoms. The van der Waals surface area contributed by atoms with Gasteiger partial charge in [-0.3, -0.25) is 9.59 Å². The molecule has 0 bridgehead atoms. The van der Waals surface area contributed by atoms with Crippen LogP contribution in [0.5, 0.6) is 0 Å². The number of rotatable bonds is 9. The molecule has 4 aromatic carbocycles. The molecule has 2 saturated heterocycles. The lowest BCUT2D eigenvalue weighted by molar-refractivity contribution is -0.129. The smallest absolute Gasteiger partial charge is 0.231 e. The monoisotopic (exact) mass is 690 g/mol. The summed E-state index contributed by atoms with van der Waals surface area (Å²) in [4.78, 5) is 45.6. The van der Waals surface area contributed by atoms with E-state index in [2.05, 4.69) is 44.2 Å². The van der Waals surface area contributed by atoms with Crippen molar-refractivity contribution in [1.29, 1.82) is 0 Å². The molecule has 10 heteroatoms. The predicted molar refractivity (Wildman–Crippen MR) is 197 cm³/mol. The summed E-state index contributed by atoms with van der Waals surface area (Å²) in [6.45, 7) is 0.520. The Morgan fingerprint density at radius 2 is 0.923 bits per heavy atom.